The maximum Gasteiger partial charge on any atom is 0.224 e. The van der Waals surface area contributed by atoms with E-state index >= 15 is 0 Å². The Labute approximate surface area is 78.3 Å². The predicted molar refractivity (Wildman–Crippen MR) is 48.8 cm³/mol. The van der Waals surface area contributed by atoms with Gasteiger partial charge in [0.05, 0.1) is 0 Å². The monoisotopic (exact) mass is 184 g/mol. The Morgan fingerprint density at radius 2 is 2.38 bits per heavy atom. The van der Waals surface area contributed by atoms with Gasteiger partial charge in [0.2, 0.25) is 11.8 Å². The third-order valence-electron chi connectivity index (χ3n) is 2.24. The summed E-state index contributed by atoms with van der Waals surface area (Å²) in [5.41, 5.74) is 0. The van der Waals surface area contributed by atoms with Crippen LogP contribution in [-0.2, 0) is 9.59 Å². The Morgan fingerprint density at radius 1 is 1.69 bits per heavy atom. The highest BCUT2D eigenvalue weighted by Gasteiger charge is 2.26. The summed E-state index contributed by atoms with van der Waals surface area (Å²) in [5, 5.41) is 2.77. The van der Waals surface area contributed by atoms with E-state index in [1.165, 1.54) is 6.92 Å². The third-order valence-corrected chi connectivity index (χ3v) is 2.24. The van der Waals surface area contributed by atoms with Crippen molar-refractivity contribution >= 4 is 11.8 Å². The second kappa shape index (κ2) is 4.25. The molecule has 13 heavy (non-hydrogen) atoms. The van der Waals surface area contributed by atoms with Gasteiger partial charge >= 0.3 is 0 Å². The third kappa shape index (κ3) is 2.44. The number of rotatable bonds is 3. The van der Waals surface area contributed by atoms with Gasteiger partial charge in [0.15, 0.2) is 0 Å². The van der Waals surface area contributed by atoms with E-state index in [2.05, 4.69) is 5.32 Å². The highest BCUT2D eigenvalue weighted by atomic mass is 16.2. The van der Waals surface area contributed by atoms with Crippen LogP contribution in [0.5, 0.6) is 0 Å². The molecule has 1 aliphatic rings. The van der Waals surface area contributed by atoms with Crippen LogP contribution in [0.25, 0.3) is 0 Å². The van der Waals surface area contributed by atoms with E-state index in [1.54, 1.807) is 4.90 Å². The average Bonchev–Trinajstić information content (AvgIpc) is 2.47. The SMILES string of the molecule is CCC(NC(C)=O)N1CCCC1=O. The molecule has 0 spiro atoms. The number of hydrogen-bond acceptors (Lipinski definition) is 2. The maximum atomic E-state index is 11.3. The minimum Gasteiger partial charge on any atom is -0.336 e. The van der Waals surface area contributed by atoms with Gasteiger partial charge in [0, 0.05) is 19.9 Å². The molecule has 74 valence electrons. The molecule has 1 aliphatic heterocycles. The molecule has 0 aromatic carbocycles. The van der Waals surface area contributed by atoms with E-state index in [9.17, 15) is 9.59 Å². The van der Waals surface area contributed by atoms with E-state index in [0.29, 0.717) is 6.42 Å². The molecule has 1 fully saturated rings. The molecule has 1 unspecified atom stereocenters. The topological polar surface area (TPSA) is 49.4 Å². The van der Waals surface area contributed by atoms with E-state index < -0.39 is 0 Å². The summed E-state index contributed by atoms with van der Waals surface area (Å²) in [5.74, 6) is 0.0761. The molecule has 1 atom stereocenters. The van der Waals surface area contributed by atoms with Gasteiger partial charge in [-0.05, 0) is 12.8 Å². The molecule has 0 aliphatic carbocycles. The van der Waals surface area contributed by atoms with Crippen molar-refractivity contribution in [3.8, 4) is 0 Å². The van der Waals surface area contributed by atoms with Crippen LogP contribution in [0.4, 0.5) is 0 Å². The number of nitrogens with one attached hydrogen (secondary N) is 1. The summed E-state index contributed by atoms with van der Waals surface area (Å²) < 4.78 is 0. The number of nitrogens with zero attached hydrogens (tertiary/aromatic N) is 1. The average molecular weight is 184 g/mol. The van der Waals surface area contributed by atoms with Crippen LogP contribution >= 0.6 is 0 Å². The van der Waals surface area contributed by atoms with Gasteiger partial charge in [-0.25, -0.2) is 0 Å². The predicted octanol–water partition coefficient (Wildman–Crippen LogP) is 0.481. The standard InChI is InChI=1S/C9H16N2O2/c1-3-8(10-7(2)12)11-6-4-5-9(11)13/h8H,3-6H2,1-2H3,(H,10,12). The van der Waals surface area contributed by atoms with Crippen molar-refractivity contribution in [2.45, 2.75) is 39.3 Å². The summed E-state index contributed by atoms with van der Waals surface area (Å²) in [4.78, 5) is 23.9. The van der Waals surface area contributed by atoms with Gasteiger partial charge < -0.3 is 10.2 Å². The zero-order valence-electron chi connectivity index (χ0n) is 8.17. The largest absolute Gasteiger partial charge is 0.336 e. The van der Waals surface area contributed by atoms with Crippen molar-refractivity contribution in [1.29, 1.82) is 0 Å². The normalized spacial score (nSPS) is 18.9. The summed E-state index contributed by atoms with van der Waals surface area (Å²) in [7, 11) is 0. The Bertz CT molecular complexity index is 216. The summed E-state index contributed by atoms with van der Waals surface area (Å²) in [6.07, 6.45) is 2.20. The molecule has 2 amide bonds. The minimum absolute atomic E-state index is 0.0773. The first-order chi connectivity index (χ1) is 6.15. The molecule has 1 saturated heterocycles. The summed E-state index contributed by atoms with van der Waals surface area (Å²) in [6, 6.07) is 0. The number of carbonyl (C=O) groups is 2. The van der Waals surface area contributed by atoms with Crippen LogP contribution in [0, 0.1) is 0 Å². The quantitative estimate of drug-likeness (QED) is 0.693. The van der Waals surface area contributed by atoms with Crippen molar-refractivity contribution in [3.63, 3.8) is 0 Å². The first-order valence-electron chi connectivity index (χ1n) is 4.71. The molecule has 0 bridgehead atoms. The highest BCUT2D eigenvalue weighted by Crippen LogP contribution is 2.13. The molecule has 0 saturated carbocycles. The van der Waals surface area contributed by atoms with Crippen molar-refractivity contribution < 1.29 is 9.59 Å². The lowest BCUT2D eigenvalue weighted by atomic mass is 10.3. The lowest BCUT2D eigenvalue weighted by Crippen LogP contribution is -2.47. The van der Waals surface area contributed by atoms with Gasteiger partial charge in [-0.3, -0.25) is 9.59 Å². The fourth-order valence-corrected chi connectivity index (χ4v) is 1.63. The van der Waals surface area contributed by atoms with Crippen LogP contribution < -0.4 is 5.32 Å². The molecule has 1 N–H and O–H groups in total. The zero-order chi connectivity index (χ0) is 9.84. The van der Waals surface area contributed by atoms with Crippen LogP contribution in [0.15, 0.2) is 0 Å². The number of amides is 2. The van der Waals surface area contributed by atoms with E-state index in [4.69, 9.17) is 0 Å². The van der Waals surface area contributed by atoms with E-state index in [1.807, 2.05) is 6.92 Å². The maximum absolute atomic E-state index is 11.3. The van der Waals surface area contributed by atoms with Crippen LogP contribution in [0.2, 0.25) is 0 Å². The smallest absolute Gasteiger partial charge is 0.224 e. The van der Waals surface area contributed by atoms with Crippen molar-refractivity contribution in [1.82, 2.24) is 10.2 Å². The molecular formula is C9H16N2O2. The summed E-state index contributed by atoms with van der Waals surface area (Å²) >= 11 is 0. The number of likely N-dealkylation sites (tertiary alicyclic amines) is 1. The molecule has 1 rings (SSSR count). The van der Waals surface area contributed by atoms with E-state index in [0.717, 1.165) is 19.4 Å². The van der Waals surface area contributed by atoms with Crippen molar-refractivity contribution in [3.05, 3.63) is 0 Å². The second-order valence-electron chi connectivity index (χ2n) is 3.32. The number of hydrogen-bond donors (Lipinski definition) is 1. The fraction of sp³-hybridized carbons (Fsp3) is 0.778. The van der Waals surface area contributed by atoms with Crippen LogP contribution in [0.3, 0.4) is 0 Å². The Balaban J connectivity index is 2.54. The molecule has 0 aromatic heterocycles. The Kier molecular flexibility index (Phi) is 3.28. The van der Waals surface area contributed by atoms with Crippen molar-refractivity contribution in [2.24, 2.45) is 0 Å². The molecule has 0 radical (unpaired) electrons. The van der Waals surface area contributed by atoms with Gasteiger partial charge in [-0.2, -0.15) is 0 Å². The molecule has 0 aromatic rings. The highest BCUT2D eigenvalue weighted by molar-refractivity contribution is 5.79. The minimum atomic E-state index is -0.104. The van der Waals surface area contributed by atoms with Crippen molar-refractivity contribution in [2.75, 3.05) is 6.54 Å². The molecule has 4 heteroatoms. The molecule has 4 nitrogen and oxygen atoms in total. The van der Waals surface area contributed by atoms with Crippen LogP contribution in [-0.4, -0.2) is 29.4 Å². The van der Waals surface area contributed by atoms with Gasteiger partial charge in [-0.1, -0.05) is 6.92 Å². The van der Waals surface area contributed by atoms with Crippen LogP contribution in [0.1, 0.15) is 33.1 Å². The first-order valence-corrected chi connectivity index (χ1v) is 4.71. The Morgan fingerprint density at radius 3 is 2.77 bits per heavy atom. The van der Waals surface area contributed by atoms with E-state index in [-0.39, 0.29) is 18.0 Å². The Hall–Kier alpha value is -1.06. The first kappa shape index (κ1) is 10.0. The lowest BCUT2D eigenvalue weighted by Gasteiger charge is -2.26. The van der Waals surface area contributed by atoms with Gasteiger partial charge in [0.25, 0.3) is 0 Å². The summed E-state index contributed by atoms with van der Waals surface area (Å²) in [6.45, 7) is 4.22. The number of carbonyl (C=O) groups excluding carboxylic acids is 2. The molecular weight excluding hydrogens is 168 g/mol. The lowest BCUT2D eigenvalue weighted by molar-refractivity contribution is -0.131. The van der Waals surface area contributed by atoms with Gasteiger partial charge in [0.1, 0.15) is 6.17 Å². The second-order valence-corrected chi connectivity index (χ2v) is 3.32. The zero-order valence-corrected chi connectivity index (χ0v) is 8.17. The van der Waals surface area contributed by atoms with Gasteiger partial charge in [-0.15, -0.1) is 0 Å². The fourth-order valence-electron chi connectivity index (χ4n) is 1.63. The molecule has 1 heterocycles.